The predicted molar refractivity (Wildman–Crippen MR) is 57.2 cm³/mol. The summed E-state index contributed by atoms with van der Waals surface area (Å²) >= 11 is 1.74. The molecule has 2 atom stereocenters. The summed E-state index contributed by atoms with van der Waals surface area (Å²) in [5, 5.41) is 2.08. The largest absolute Gasteiger partial charge is 0.326 e. The fourth-order valence-electron chi connectivity index (χ4n) is 1.70. The minimum atomic E-state index is 0.322. The van der Waals surface area contributed by atoms with Crippen LogP contribution in [0.5, 0.6) is 0 Å². The molecule has 2 unspecified atom stereocenters. The second kappa shape index (κ2) is 2.93. The molecule has 1 fully saturated rings. The van der Waals surface area contributed by atoms with Crippen molar-refractivity contribution >= 4 is 11.3 Å². The molecule has 3 nitrogen and oxygen atoms in total. The van der Waals surface area contributed by atoms with E-state index >= 15 is 0 Å². The third-order valence-corrected chi connectivity index (χ3v) is 3.49. The fraction of sp³-hybridized carbons (Fsp3) is 0.300. The zero-order chi connectivity index (χ0) is 9.54. The summed E-state index contributed by atoms with van der Waals surface area (Å²) in [6, 6.07) is 4.97. The van der Waals surface area contributed by atoms with Crippen LogP contribution in [0.15, 0.2) is 30.0 Å². The van der Waals surface area contributed by atoms with E-state index in [0.29, 0.717) is 12.1 Å². The smallest absolute Gasteiger partial charge is 0.0954 e. The van der Waals surface area contributed by atoms with Gasteiger partial charge in [-0.25, -0.2) is 4.98 Å². The van der Waals surface area contributed by atoms with Crippen molar-refractivity contribution in [3.8, 4) is 10.6 Å². The third kappa shape index (κ3) is 1.19. The average molecular weight is 205 g/mol. The molecule has 2 aromatic heterocycles. The first-order chi connectivity index (χ1) is 6.86. The molecule has 0 aromatic carbocycles. The molecule has 2 aromatic rings. The maximum atomic E-state index is 5.83. The van der Waals surface area contributed by atoms with Crippen LogP contribution in [0.25, 0.3) is 10.6 Å². The molecule has 0 bridgehead atoms. The first kappa shape index (κ1) is 8.20. The van der Waals surface area contributed by atoms with E-state index in [-0.39, 0.29) is 0 Å². The van der Waals surface area contributed by atoms with Crippen LogP contribution in [0, 0.1) is 0 Å². The highest BCUT2D eigenvalue weighted by molar-refractivity contribution is 7.13. The zero-order valence-corrected chi connectivity index (χ0v) is 8.45. The van der Waals surface area contributed by atoms with Gasteiger partial charge >= 0.3 is 0 Å². The molecule has 72 valence electrons. The number of imidazole rings is 1. The van der Waals surface area contributed by atoms with Gasteiger partial charge in [0.2, 0.25) is 0 Å². The second-order valence-corrected chi connectivity index (χ2v) is 4.58. The van der Waals surface area contributed by atoms with Gasteiger partial charge in [-0.1, -0.05) is 6.07 Å². The Bertz CT molecular complexity index is 432. The van der Waals surface area contributed by atoms with Crippen molar-refractivity contribution < 1.29 is 0 Å². The van der Waals surface area contributed by atoms with Crippen molar-refractivity contribution in [3.63, 3.8) is 0 Å². The number of hydrogen-bond acceptors (Lipinski definition) is 3. The standard InChI is InChI=1S/C10H11N3S/c11-7-4-8(7)13-6-12-5-9(13)10-2-1-3-14-10/h1-3,5-8H,4,11H2. The highest BCUT2D eigenvalue weighted by Crippen LogP contribution is 2.38. The van der Waals surface area contributed by atoms with E-state index in [1.807, 2.05) is 12.5 Å². The average Bonchev–Trinajstić information content (AvgIpc) is 2.71. The van der Waals surface area contributed by atoms with Crippen molar-refractivity contribution in [2.45, 2.75) is 18.5 Å². The molecule has 0 spiro atoms. The lowest BCUT2D eigenvalue weighted by Crippen LogP contribution is -2.06. The van der Waals surface area contributed by atoms with E-state index in [1.54, 1.807) is 11.3 Å². The summed E-state index contributed by atoms with van der Waals surface area (Å²) in [5.74, 6) is 0. The summed E-state index contributed by atoms with van der Waals surface area (Å²) in [6.07, 6.45) is 4.87. The SMILES string of the molecule is NC1CC1n1cncc1-c1cccs1. The lowest BCUT2D eigenvalue weighted by molar-refractivity contribution is 0.719. The molecule has 0 radical (unpaired) electrons. The Balaban J connectivity index is 2.02. The van der Waals surface area contributed by atoms with Crippen molar-refractivity contribution in [3.05, 3.63) is 30.0 Å². The normalized spacial score (nSPS) is 25.2. The number of hydrogen-bond donors (Lipinski definition) is 1. The molecule has 14 heavy (non-hydrogen) atoms. The van der Waals surface area contributed by atoms with Gasteiger partial charge in [0.25, 0.3) is 0 Å². The van der Waals surface area contributed by atoms with Gasteiger partial charge in [0.15, 0.2) is 0 Å². The predicted octanol–water partition coefficient (Wildman–Crippen LogP) is 1.88. The van der Waals surface area contributed by atoms with Gasteiger partial charge in [0.05, 0.1) is 29.1 Å². The highest BCUT2D eigenvalue weighted by Gasteiger charge is 2.36. The first-order valence-corrected chi connectivity index (χ1v) is 5.55. The van der Waals surface area contributed by atoms with Crippen LogP contribution in [0.4, 0.5) is 0 Å². The molecule has 1 aliphatic rings. The molecule has 2 heterocycles. The van der Waals surface area contributed by atoms with Crippen LogP contribution >= 0.6 is 11.3 Å². The quantitative estimate of drug-likeness (QED) is 0.813. The number of rotatable bonds is 2. The summed E-state index contributed by atoms with van der Waals surface area (Å²) in [5.41, 5.74) is 7.03. The number of aromatic nitrogens is 2. The zero-order valence-electron chi connectivity index (χ0n) is 7.63. The van der Waals surface area contributed by atoms with E-state index in [2.05, 4.69) is 27.1 Å². The van der Waals surface area contributed by atoms with Gasteiger partial charge in [-0.15, -0.1) is 11.3 Å². The van der Waals surface area contributed by atoms with E-state index < -0.39 is 0 Å². The minimum Gasteiger partial charge on any atom is -0.326 e. The topological polar surface area (TPSA) is 43.8 Å². The third-order valence-electron chi connectivity index (χ3n) is 2.60. The molecule has 1 saturated carbocycles. The lowest BCUT2D eigenvalue weighted by atomic mass is 10.3. The van der Waals surface area contributed by atoms with Gasteiger partial charge < -0.3 is 10.3 Å². The van der Waals surface area contributed by atoms with E-state index in [1.165, 1.54) is 10.6 Å². The summed E-state index contributed by atoms with van der Waals surface area (Å²) in [6.45, 7) is 0. The van der Waals surface area contributed by atoms with Crippen LogP contribution in [-0.4, -0.2) is 15.6 Å². The Morgan fingerprint density at radius 1 is 1.57 bits per heavy atom. The summed E-state index contributed by atoms with van der Waals surface area (Å²) < 4.78 is 2.19. The number of nitrogens with zero attached hydrogens (tertiary/aromatic N) is 2. The van der Waals surface area contributed by atoms with E-state index in [9.17, 15) is 0 Å². The van der Waals surface area contributed by atoms with Crippen LogP contribution in [0.2, 0.25) is 0 Å². The molecule has 3 rings (SSSR count). The number of nitrogens with two attached hydrogens (primary N) is 1. The van der Waals surface area contributed by atoms with Gasteiger partial charge in [-0.3, -0.25) is 0 Å². The molecular formula is C10H11N3S. The van der Waals surface area contributed by atoms with Crippen LogP contribution in [0.3, 0.4) is 0 Å². The van der Waals surface area contributed by atoms with Gasteiger partial charge in [-0.05, 0) is 17.9 Å². The molecule has 1 aliphatic carbocycles. The second-order valence-electron chi connectivity index (χ2n) is 3.63. The van der Waals surface area contributed by atoms with Crippen molar-refractivity contribution in [2.75, 3.05) is 0 Å². The maximum Gasteiger partial charge on any atom is 0.0954 e. The minimum absolute atomic E-state index is 0.322. The summed E-state index contributed by atoms with van der Waals surface area (Å²) in [4.78, 5) is 5.45. The monoisotopic (exact) mass is 205 g/mol. The molecule has 0 saturated heterocycles. The van der Waals surface area contributed by atoms with Crippen LogP contribution in [-0.2, 0) is 0 Å². The van der Waals surface area contributed by atoms with Crippen molar-refractivity contribution in [2.24, 2.45) is 5.73 Å². The summed E-state index contributed by atoms with van der Waals surface area (Å²) in [7, 11) is 0. The van der Waals surface area contributed by atoms with Gasteiger partial charge in [-0.2, -0.15) is 0 Å². The Hall–Kier alpha value is -1.13. The molecule has 2 N–H and O–H groups in total. The molecular weight excluding hydrogens is 194 g/mol. The molecule has 0 aliphatic heterocycles. The Morgan fingerprint density at radius 3 is 3.07 bits per heavy atom. The van der Waals surface area contributed by atoms with E-state index in [4.69, 9.17) is 5.73 Å². The van der Waals surface area contributed by atoms with E-state index in [0.717, 1.165) is 6.42 Å². The first-order valence-electron chi connectivity index (χ1n) is 4.67. The van der Waals surface area contributed by atoms with Crippen molar-refractivity contribution in [1.29, 1.82) is 0 Å². The highest BCUT2D eigenvalue weighted by atomic mass is 32.1. The van der Waals surface area contributed by atoms with Gasteiger partial charge in [0.1, 0.15) is 0 Å². The molecule has 4 heteroatoms. The Labute approximate surface area is 86.2 Å². The lowest BCUT2D eigenvalue weighted by Gasteiger charge is -2.04. The molecule has 0 amide bonds. The van der Waals surface area contributed by atoms with Gasteiger partial charge in [0, 0.05) is 6.04 Å². The Morgan fingerprint density at radius 2 is 2.43 bits per heavy atom. The fourth-order valence-corrected chi connectivity index (χ4v) is 2.44. The maximum absolute atomic E-state index is 5.83. The van der Waals surface area contributed by atoms with Crippen LogP contribution in [0.1, 0.15) is 12.5 Å². The Kier molecular flexibility index (Phi) is 1.72. The van der Waals surface area contributed by atoms with Crippen molar-refractivity contribution in [1.82, 2.24) is 9.55 Å². The van der Waals surface area contributed by atoms with Crippen LogP contribution < -0.4 is 5.73 Å². The number of thiophene rings is 1.